The fourth-order valence-corrected chi connectivity index (χ4v) is 1.00. The van der Waals surface area contributed by atoms with E-state index in [0.29, 0.717) is 6.54 Å². The summed E-state index contributed by atoms with van der Waals surface area (Å²) >= 11 is 0. The highest BCUT2D eigenvalue weighted by Gasteiger charge is 2.00. The lowest BCUT2D eigenvalue weighted by Crippen LogP contribution is -2.22. The molecule has 0 amide bonds. The average Bonchev–Trinajstić information content (AvgIpc) is 2.18. The molecule has 0 fully saturated rings. The third kappa shape index (κ3) is 2.68. The number of anilines is 1. The second kappa shape index (κ2) is 4.79. The van der Waals surface area contributed by atoms with Crippen molar-refractivity contribution in [2.75, 3.05) is 25.1 Å². The van der Waals surface area contributed by atoms with Crippen LogP contribution in [0, 0.1) is 0 Å². The minimum absolute atomic E-state index is 0.0109. The van der Waals surface area contributed by atoms with E-state index in [9.17, 15) is 0 Å². The Morgan fingerprint density at radius 1 is 1.38 bits per heavy atom. The van der Waals surface area contributed by atoms with Gasteiger partial charge in [-0.25, -0.2) is 4.98 Å². The first-order chi connectivity index (χ1) is 6.27. The van der Waals surface area contributed by atoms with Gasteiger partial charge in [-0.3, -0.25) is 0 Å². The van der Waals surface area contributed by atoms with Crippen molar-refractivity contribution in [2.24, 2.45) is 0 Å². The van der Waals surface area contributed by atoms with E-state index in [4.69, 9.17) is 10.2 Å². The molecule has 4 heteroatoms. The Labute approximate surface area is 77.5 Å². The molecule has 1 rings (SSSR count). The predicted octanol–water partition coefficient (Wildman–Crippen LogP) is 0.00240. The molecule has 2 N–H and O–H groups in total. The van der Waals surface area contributed by atoms with E-state index in [-0.39, 0.29) is 13.2 Å². The lowest BCUT2D eigenvalue weighted by molar-refractivity contribution is 0.281. The summed E-state index contributed by atoms with van der Waals surface area (Å²) in [5.41, 5.74) is 0.793. The molecule has 0 radical (unpaired) electrons. The van der Waals surface area contributed by atoms with Gasteiger partial charge in [-0.2, -0.15) is 0 Å². The minimum Gasteiger partial charge on any atom is -0.395 e. The minimum atomic E-state index is 0.0109. The third-order valence-corrected chi connectivity index (χ3v) is 1.82. The normalized spacial score (nSPS) is 10.1. The van der Waals surface area contributed by atoms with E-state index in [1.54, 1.807) is 6.20 Å². The van der Waals surface area contributed by atoms with Crippen molar-refractivity contribution in [3.63, 3.8) is 0 Å². The highest BCUT2D eigenvalue weighted by Crippen LogP contribution is 2.08. The summed E-state index contributed by atoms with van der Waals surface area (Å²) in [6.45, 7) is 0.683. The summed E-state index contributed by atoms with van der Waals surface area (Å²) in [6.07, 6.45) is 1.63. The molecule has 0 saturated carbocycles. The van der Waals surface area contributed by atoms with Gasteiger partial charge in [-0.15, -0.1) is 0 Å². The summed E-state index contributed by atoms with van der Waals surface area (Å²) in [6, 6.07) is 3.64. The van der Waals surface area contributed by atoms with Crippen molar-refractivity contribution in [3.8, 4) is 0 Å². The van der Waals surface area contributed by atoms with E-state index in [1.165, 1.54) is 0 Å². The number of pyridine rings is 1. The van der Waals surface area contributed by atoms with Gasteiger partial charge < -0.3 is 15.1 Å². The summed E-state index contributed by atoms with van der Waals surface area (Å²) in [5, 5.41) is 17.5. The van der Waals surface area contributed by atoms with Gasteiger partial charge in [-0.1, -0.05) is 6.07 Å². The van der Waals surface area contributed by atoms with Crippen LogP contribution in [0.25, 0.3) is 0 Å². The second-order valence-corrected chi connectivity index (χ2v) is 2.83. The SMILES string of the molecule is CN(CCO)c1ccc(CO)cn1. The van der Waals surface area contributed by atoms with Crippen LogP contribution in [0.4, 0.5) is 5.82 Å². The first-order valence-electron chi connectivity index (χ1n) is 4.15. The van der Waals surface area contributed by atoms with Crippen molar-refractivity contribution in [1.29, 1.82) is 0 Å². The molecule has 0 atom stereocenters. The standard InChI is InChI=1S/C9H14N2O2/c1-11(4-5-12)9-3-2-8(7-13)6-10-9/h2-3,6,12-13H,4-5,7H2,1H3. The largest absolute Gasteiger partial charge is 0.395 e. The number of hydrogen-bond acceptors (Lipinski definition) is 4. The molecule has 1 aromatic heterocycles. The Kier molecular flexibility index (Phi) is 3.67. The van der Waals surface area contributed by atoms with Crippen molar-refractivity contribution < 1.29 is 10.2 Å². The lowest BCUT2D eigenvalue weighted by Gasteiger charge is -2.16. The van der Waals surface area contributed by atoms with Gasteiger partial charge in [0.1, 0.15) is 5.82 Å². The molecule has 0 aliphatic heterocycles. The number of aliphatic hydroxyl groups is 2. The van der Waals surface area contributed by atoms with Gasteiger partial charge in [0.25, 0.3) is 0 Å². The summed E-state index contributed by atoms with van der Waals surface area (Å²) < 4.78 is 0. The number of hydrogen-bond donors (Lipinski definition) is 2. The highest BCUT2D eigenvalue weighted by atomic mass is 16.3. The molecule has 72 valence electrons. The van der Waals surface area contributed by atoms with E-state index in [2.05, 4.69) is 4.98 Å². The van der Waals surface area contributed by atoms with Gasteiger partial charge >= 0.3 is 0 Å². The van der Waals surface area contributed by atoms with E-state index < -0.39 is 0 Å². The fraction of sp³-hybridized carbons (Fsp3) is 0.444. The first kappa shape index (κ1) is 9.95. The molecule has 0 bridgehead atoms. The van der Waals surface area contributed by atoms with Crippen molar-refractivity contribution in [3.05, 3.63) is 23.9 Å². The van der Waals surface area contributed by atoms with Crippen LogP contribution >= 0.6 is 0 Å². The van der Waals surface area contributed by atoms with Crippen LogP contribution in [0.2, 0.25) is 0 Å². The van der Waals surface area contributed by atoms with Gasteiger partial charge in [0.2, 0.25) is 0 Å². The molecule has 0 unspecified atom stereocenters. The number of rotatable bonds is 4. The Bertz CT molecular complexity index is 248. The van der Waals surface area contributed by atoms with Gasteiger partial charge in [0.15, 0.2) is 0 Å². The van der Waals surface area contributed by atoms with E-state index in [1.807, 2.05) is 24.1 Å². The average molecular weight is 182 g/mol. The highest BCUT2D eigenvalue weighted by molar-refractivity contribution is 5.37. The number of nitrogens with zero attached hydrogens (tertiary/aromatic N) is 2. The Balaban J connectivity index is 2.67. The molecule has 0 aliphatic rings. The second-order valence-electron chi connectivity index (χ2n) is 2.83. The Morgan fingerprint density at radius 3 is 2.62 bits per heavy atom. The maximum absolute atomic E-state index is 8.78. The summed E-state index contributed by atoms with van der Waals surface area (Å²) in [4.78, 5) is 5.97. The van der Waals surface area contributed by atoms with Crippen LogP contribution in [0.15, 0.2) is 18.3 Å². The lowest BCUT2D eigenvalue weighted by atomic mass is 10.3. The maximum Gasteiger partial charge on any atom is 0.128 e. The van der Waals surface area contributed by atoms with Crippen LogP contribution < -0.4 is 4.90 Å². The zero-order chi connectivity index (χ0) is 9.68. The quantitative estimate of drug-likeness (QED) is 0.688. The zero-order valence-corrected chi connectivity index (χ0v) is 7.64. The van der Waals surface area contributed by atoms with Crippen LogP contribution in [0.1, 0.15) is 5.56 Å². The zero-order valence-electron chi connectivity index (χ0n) is 7.64. The Hall–Kier alpha value is -1.13. The summed E-state index contributed by atoms with van der Waals surface area (Å²) in [5.74, 6) is 0.797. The number of aliphatic hydroxyl groups excluding tert-OH is 2. The smallest absolute Gasteiger partial charge is 0.128 e. The molecule has 0 saturated heterocycles. The predicted molar refractivity (Wildman–Crippen MR) is 50.5 cm³/mol. The third-order valence-electron chi connectivity index (χ3n) is 1.82. The molecule has 1 heterocycles. The molecular formula is C9H14N2O2. The maximum atomic E-state index is 8.78. The van der Waals surface area contributed by atoms with Crippen LogP contribution in [0.3, 0.4) is 0 Å². The van der Waals surface area contributed by atoms with E-state index in [0.717, 1.165) is 11.4 Å². The molecule has 13 heavy (non-hydrogen) atoms. The fourth-order valence-electron chi connectivity index (χ4n) is 1.00. The first-order valence-corrected chi connectivity index (χ1v) is 4.15. The van der Waals surface area contributed by atoms with Crippen LogP contribution in [0.5, 0.6) is 0 Å². The van der Waals surface area contributed by atoms with Crippen molar-refractivity contribution in [2.45, 2.75) is 6.61 Å². The molecular weight excluding hydrogens is 168 g/mol. The molecule has 4 nitrogen and oxygen atoms in total. The Morgan fingerprint density at radius 2 is 2.15 bits per heavy atom. The molecule has 0 aromatic carbocycles. The van der Waals surface area contributed by atoms with Crippen molar-refractivity contribution >= 4 is 5.82 Å². The van der Waals surface area contributed by atoms with Gasteiger partial charge in [-0.05, 0) is 11.6 Å². The summed E-state index contributed by atoms with van der Waals surface area (Å²) in [7, 11) is 1.86. The topological polar surface area (TPSA) is 56.6 Å². The van der Waals surface area contributed by atoms with Gasteiger partial charge in [0, 0.05) is 19.8 Å². The van der Waals surface area contributed by atoms with Crippen LogP contribution in [-0.2, 0) is 6.61 Å². The molecule has 1 aromatic rings. The number of aromatic nitrogens is 1. The molecule has 0 spiro atoms. The van der Waals surface area contributed by atoms with E-state index >= 15 is 0 Å². The van der Waals surface area contributed by atoms with Gasteiger partial charge in [0.05, 0.1) is 13.2 Å². The van der Waals surface area contributed by atoms with Crippen molar-refractivity contribution in [1.82, 2.24) is 4.98 Å². The molecule has 0 aliphatic carbocycles. The number of likely N-dealkylation sites (N-methyl/N-ethyl adjacent to an activating group) is 1. The van der Waals surface area contributed by atoms with Crippen LogP contribution in [-0.4, -0.2) is 35.4 Å². The monoisotopic (exact) mass is 182 g/mol.